The number of aromatic nitrogens is 1. The Morgan fingerprint density at radius 3 is 3.00 bits per heavy atom. The molecule has 3 rings (SSSR count). The number of nitrogens with zero attached hydrogens (tertiary/aromatic N) is 2. The molecule has 0 aliphatic carbocycles. The van der Waals surface area contributed by atoms with Gasteiger partial charge in [-0.25, -0.2) is 0 Å². The van der Waals surface area contributed by atoms with Gasteiger partial charge in [0.05, 0.1) is 17.7 Å². The minimum absolute atomic E-state index is 0.0136. The summed E-state index contributed by atoms with van der Waals surface area (Å²) in [7, 11) is 0. The Morgan fingerprint density at radius 1 is 1.42 bits per heavy atom. The highest BCUT2D eigenvalue weighted by Gasteiger charge is 2.29. The highest BCUT2D eigenvalue weighted by Crippen LogP contribution is 2.20. The molecule has 0 radical (unpaired) electrons. The van der Waals surface area contributed by atoms with Gasteiger partial charge in [0, 0.05) is 32.0 Å². The first kappa shape index (κ1) is 16.2. The second-order valence-corrected chi connectivity index (χ2v) is 6.06. The molecule has 0 spiro atoms. The molecule has 126 valence electrons. The van der Waals surface area contributed by atoms with Crippen LogP contribution in [0.2, 0.25) is 0 Å². The van der Waals surface area contributed by atoms with E-state index in [1.807, 2.05) is 12.1 Å². The van der Waals surface area contributed by atoms with Gasteiger partial charge in [0.25, 0.3) is 5.91 Å². The molecule has 1 saturated heterocycles. The van der Waals surface area contributed by atoms with E-state index >= 15 is 0 Å². The van der Waals surface area contributed by atoms with Crippen LogP contribution in [-0.2, 0) is 11.3 Å². The van der Waals surface area contributed by atoms with Gasteiger partial charge in [-0.15, -0.1) is 0 Å². The van der Waals surface area contributed by atoms with E-state index in [0.717, 1.165) is 18.4 Å². The lowest BCUT2D eigenvalue weighted by molar-refractivity contribution is -0.126. The van der Waals surface area contributed by atoms with Crippen LogP contribution in [0.25, 0.3) is 0 Å². The fraction of sp³-hybridized carbons (Fsp3) is 0.389. The summed E-state index contributed by atoms with van der Waals surface area (Å²) in [6, 6.07) is 5.45. The molecular weight excluding hydrogens is 306 g/mol. The molecule has 2 aromatic heterocycles. The lowest BCUT2D eigenvalue weighted by Crippen LogP contribution is -2.45. The molecule has 1 aliphatic heterocycles. The van der Waals surface area contributed by atoms with Crippen LogP contribution < -0.4 is 5.32 Å². The van der Waals surface area contributed by atoms with Crippen LogP contribution in [-0.4, -0.2) is 34.8 Å². The summed E-state index contributed by atoms with van der Waals surface area (Å²) >= 11 is 0. The average Bonchev–Trinajstić information content (AvgIpc) is 3.06. The molecule has 0 bridgehead atoms. The first-order valence-corrected chi connectivity index (χ1v) is 8.15. The molecule has 2 amide bonds. The van der Waals surface area contributed by atoms with Crippen LogP contribution in [0, 0.1) is 12.8 Å². The predicted octanol–water partition coefficient (Wildman–Crippen LogP) is 2.15. The number of carbonyl (C=O) groups is 2. The van der Waals surface area contributed by atoms with Crippen molar-refractivity contribution in [2.24, 2.45) is 5.92 Å². The number of aryl methyl sites for hydroxylation is 1. The maximum absolute atomic E-state index is 12.6. The van der Waals surface area contributed by atoms with Crippen molar-refractivity contribution in [3.8, 4) is 0 Å². The Kier molecular flexibility index (Phi) is 4.93. The molecular formula is C18H21N3O3. The number of rotatable bonds is 4. The highest BCUT2D eigenvalue weighted by molar-refractivity contribution is 5.95. The van der Waals surface area contributed by atoms with Crippen LogP contribution in [0.1, 0.15) is 34.5 Å². The average molecular weight is 327 g/mol. The van der Waals surface area contributed by atoms with E-state index in [1.165, 1.54) is 6.26 Å². The van der Waals surface area contributed by atoms with Gasteiger partial charge < -0.3 is 14.6 Å². The van der Waals surface area contributed by atoms with Crippen molar-refractivity contribution in [1.29, 1.82) is 0 Å². The summed E-state index contributed by atoms with van der Waals surface area (Å²) in [6.07, 6.45) is 6.58. The molecule has 1 aliphatic rings. The van der Waals surface area contributed by atoms with Crippen molar-refractivity contribution in [1.82, 2.24) is 15.2 Å². The summed E-state index contributed by atoms with van der Waals surface area (Å²) < 4.78 is 5.21. The summed E-state index contributed by atoms with van der Waals surface area (Å²) in [5, 5.41) is 2.94. The van der Waals surface area contributed by atoms with Crippen molar-refractivity contribution in [3.63, 3.8) is 0 Å². The number of hydrogen-bond acceptors (Lipinski definition) is 4. The number of likely N-dealkylation sites (tertiary alicyclic amines) is 1. The zero-order valence-corrected chi connectivity index (χ0v) is 13.7. The number of hydrogen-bond donors (Lipinski definition) is 1. The molecule has 1 unspecified atom stereocenters. The van der Waals surface area contributed by atoms with E-state index in [9.17, 15) is 9.59 Å². The highest BCUT2D eigenvalue weighted by atomic mass is 16.3. The largest absolute Gasteiger partial charge is 0.469 e. The fourth-order valence-electron chi connectivity index (χ4n) is 2.99. The van der Waals surface area contributed by atoms with Crippen LogP contribution in [0.4, 0.5) is 0 Å². The third kappa shape index (κ3) is 3.64. The summed E-state index contributed by atoms with van der Waals surface area (Å²) in [5.41, 5.74) is 1.54. The quantitative estimate of drug-likeness (QED) is 0.933. The van der Waals surface area contributed by atoms with Gasteiger partial charge in [0.15, 0.2) is 0 Å². The Morgan fingerprint density at radius 2 is 2.29 bits per heavy atom. The van der Waals surface area contributed by atoms with Crippen molar-refractivity contribution >= 4 is 11.8 Å². The van der Waals surface area contributed by atoms with Crippen LogP contribution in [0.3, 0.4) is 0 Å². The van der Waals surface area contributed by atoms with E-state index in [-0.39, 0.29) is 17.7 Å². The zero-order chi connectivity index (χ0) is 16.9. The van der Waals surface area contributed by atoms with Gasteiger partial charge in [-0.05, 0) is 37.5 Å². The third-order valence-electron chi connectivity index (χ3n) is 4.36. The molecule has 1 N–H and O–H groups in total. The molecule has 1 fully saturated rings. The van der Waals surface area contributed by atoms with Crippen molar-refractivity contribution in [3.05, 3.63) is 53.7 Å². The van der Waals surface area contributed by atoms with Gasteiger partial charge in [0.1, 0.15) is 5.76 Å². The van der Waals surface area contributed by atoms with Crippen LogP contribution >= 0.6 is 0 Å². The van der Waals surface area contributed by atoms with E-state index in [1.54, 1.807) is 30.3 Å². The third-order valence-corrected chi connectivity index (χ3v) is 4.36. The SMILES string of the molecule is Cc1occc1C(=O)N1CCCC(C(=O)NCc2cccnc2)C1. The number of carbonyl (C=O) groups excluding carboxylic acids is 2. The predicted molar refractivity (Wildman–Crippen MR) is 88.2 cm³/mol. The monoisotopic (exact) mass is 327 g/mol. The van der Waals surface area contributed by atoms with Gasteiger partial charge in [0.2, 0.25) is 5.91 Å². The number of amides is 2. The van der Waals surface area contributed by atoms with E-state index in [4.69, 9.17) is 4.42 Å². The van der Waals surface area contributed by atoms with Crippen LogP contribution in [0.15, 0.2) is 41.3 Å². The van der Waals surface area contributed by atoms with E-state index < -0.39 is 0 Å². The van der Waals surface area contributed by atoms with Gasteiger partial charge in [-0.2, -0.15) is 0 Å². The molecule has 6 heteroatoms. The number of nitrogens with one attached hydrogen (secondary N) is 1. The van der Waals surface area contributed by atoms with E-state index in [0.29, 0.717) is 31.0 Å². The first-order chi connectivity index (χ1) is 11.6. The second-order valence-electron chi connectivity index (χ2n) is 6.06. The summed E-state index contributed by atoms with van der Waals surface area (Å²) in [4.78, 5) is 30.7. The van der Waals surface area contributed by atoms with Gasteiger partial charge in [-0.1, -0.05) is 6.07 Å². The second kappa shape index (κ2) is 7.29. The molecule has 1 atom stereocenters. The minimum atomic E-state index is -0.174. The molecule has 0 saturated carbocycles. The Balaban J connectivity index is 1.58. The van der Waals surface area contributed by atoms with Crippen molar-refractivity contribution < 1.29 is 14.0 Å². The Hall–Kier alpha value is -2.63. The lowest BCUT2D eigenvalue weighted by atomic mass is 9.96. The fourth-order valence-corrected chi connectivity index (χ4v) is 2.99. The van der Waals surface area contributed by atoms with Crippen molar-refractivity contribution in [2.45, 2.75) is 26.3 Å². The molecule has 6 nitrogen and oxygen atoms in total. The summed E-state index contributed by atoms with van der Waals surface area (Å²) in [5.74, 6) is 0.362. The van der Waals surface area contributed by atoms with Crippen LogP contribution in [0.5, 0.6) is 0 Å². The maximum atomic E-state index is 12.6. The lowest BCUT2D eigenvalue weighted by Gasteiger charge is -2.32. The minimum Gasteiger partial charge on any atom is -0.469 e. The maximum Gasteiger partial charge on any atom is 0.257 e. The zero-order valence-electron chi connectivity index (χ0n) is 13.7. The molecule has 0 aromatic carbocycles. The Bertz CT molecular complexity index is 711. The number of piperidine rings is 1. The standard InChI is InChI=1S/C18H21N3O3/c1-13-16(6-9-24-13)18(23)21-8-3-5-15(12-21)17(22)20-11-14-4-2-7-19-10-14/h2,4,6-7,9-10,15H,3,5,8,11-12H2,1H3,(H,20,22). The van der Waals surface area contributed by atoms with Gasteiger partial charge >= 0.3 is 0 Å². The Labute approximate surface area is 140 Å². The number of pyridine rings is 1. The topological polar surface area (TPSA) is 75.4 Å². The van der Waals surface area contributed by atoms with E-state index in [2.05, 4.69) is 10.3 Å². The molecule has 24 heavy (non-hydrogen) atoms. The normalized spacial score (nSPS) is 17.5. The smallest absolute Gasteiger partial charge is 0.257 e. The first-order valence-electron chi connectivity index (χ1n) is 8.15. The molecule has 3 heterocycles. The van der Waals surface area contributed by atoms with Gasteiger partial charge in [-0.3, -0.25) is 14.6 Å². The number of furan rings is 1. The molecule has 2 aromatic rings. The summed E-state index contributed by atoms with van der Waals surface area (Å²) in [6.45, 7) is 3.35. The van der Waals surface area contributed by atoms with Crippen molar-refractivity contribution in [2.75, 3.05) is 13.1 Å².